The summed E-state index contributed by atoms with van der Waals surface area (Å²) in [7, 11) is 0. The topological polar surface area (TPSA) is 23.5 Å². The number of aliphatic hydroxyl groups is 1. The van der Waals surface area contributed by atoms with Crippen molar-refractivity contribution in [1.82, 2.24) is 4.90 Å². The van der Waals surface area contributed by atoms with Crippen LogP contribution in [0.3, 0.4) is 0 Å². The first kappa shape index (κ1) is 16.1. The van der Waals surface area contributed by atoms with E-state index in [0.29, 0.717) is 12.0 Å². The highest BCUT2D eigenvalue weighted by Crippen LogP contribution is 2.19. The number of hydrogen-bond donors (Lipinski definition) is 1. The zero-order valence-corrected chi connectivity index (χ0v) is 11.7. The third-order valence-electron chi connectivity index (χ3n) is 3.32. The molecule has 1 unspecified atom stereocenters. The minimum absolute atomic E-state index is 0.436. The number of halogens is 2. The van der Waals surface area contributed by atoms with Crippen LogP contribution in [0.15, 0.2) is 18.2 Å². The molecule has 0 spiro atoms. The monoisotopic (exact) mass is 271 g/mol. The van der Waals surface area contributed by atoms with Gasteiger partial charge < -0.3 is 10.0 Å². The molecular formula is C15H23F2NO. The number of unbranched alkanes of at least 4 members (excludes halogenated alkanes) is 1. The smallest absolute Gasteiger partial charge is 0.159 e. The highest BCUT2D eigenvalue weighted by Gasteiger charge is 2.12. The Bertz CT molecular complexity index is 384. The molecule has 2 nitrogen and oxygen atoms in total. The maximum absolute atomic E-state index is 13.1. The van der Waals surface area contributed by atoms with Crippen molar-refractivity contribution < 1.29 is 13.9 Å². The van der Waals surface area contributed by atoms with Crippen LogP contribution in [0, 0.1) is 11.6 Å². The lowest BCUT2D eigenvalue weighted by Crippen LogP contribution is -2.26. The first-order valence-corrected chi connectivity index (χ1v) is 6.93. The summed E-state index contributed by atoms with van der Waals surface area (Å²) >= 11 is 0. The van der Waals surface area contributed by atoms with Gasteiger partial charge in [0.25, 0.3) is 0 Å². The third-order valence-corrected chi connectivity index (χ3v) is 3.32. The highest BCUT2D eigenvalue weighted by atomic mass is 19.2. The maximum Gasteiger partial charge on any atom is 0.159 e. The molecule has 1 aromatic rings. The average Bonchev–Trinajstić information content (AvgIpc) is 2.41. The van der Waals surface area contributed by atoms with Crippen LogP contribution in [-0.2, 0) is 0 Å². The fraction of sp³-hybridized carbons (Fsp3) is 0.600. The van der Waals surface area contributed by atoms with Crippen LogP contribution in [0.2, 0.25) is 0 Å². The van der Waals surface area contributed by atoms with E-state index in [1.165, 1.54) is 6.07 Å². The predicted molar refractivity (Wildman–Crippen MR) is 73.0 cm³/mol. The van der Waals surface area contributed by atoms with Gasteiger partial charge in [-0.15, -0.1) is 0 Å². The van der Waals surface area contributed by atoms with E-state index in [1.807, 2.05) is 0 Å². The summed E-state index contributed by atoms with van der Waals surface area (Å²) < 4.78 is 25.9. The standard InChI is InChI=1S/C15H23F2NO/c1-3-5-9-18(4-2)10-8-15(19)12-6-7-13(16)14(17)11-12/h6-7,11,15,19H,3-5,8-10H2,1-2H3. The molecule has 1 N–H and O–H groups in total. The summed E-state index contributed by atoms with van der Waals surface area (Å²) in [6.07, 6.45) is 2.06. The van der Waals surface area contributed by atoms with Crippen LogP contribution in [0.1, 0.15) is 44.8 Å². The van der Waals surface area contributed by atoms with Gasteiger partial charge in [0.15, 0.2) is 11.6 Å². The summed E-state index contributed by atoms with van der Waals surface area (Å²) in [5.74, 6) is -1.79. The molecule has 0 heterocycles. The Balaban J connectivity index is 2.49. The Labute approximate surface area is 114 Å². The van der Waals surface area contributed by atoms with Crippen molar-refractivity contribution in [3.8, 4) is 0 Å². The largest absolute Gasteiger partial charge is 0.388 e. The molecule has 1 rings (SSSR count). The Morgan fingerprint density at radius 1 is 1.16 bits per heavy atom. The van der Waals surface area contributed by atoms with Crippen molar-refractivity contribution in [1.29, 1.82) is 0 Å². The summed E-state index contributed by atoms with van der Waals surface area (Å²) in [6, 6.07) is 3.57. The van der Waals surface area contributed by atoms with Crippen molar-refractivity contribution in [3.63, 3.8) is 0 Å². The fourth-order valence-electron chi connectivity index (χ4n) is 2.00. The number of nitrogens with zero attached hydrogens (tertiary/aromatic N) is 1. The molecule has 108 valence electrons. The number of aliphatic hydroxyl groups excluding tert-OH is 1. The molecule has 0 aliphatic rings. The van der Waals surface area contributed by atoms with Crippen molar-refractivity contribution >= 4 is 0 Å². The molecule has 4 heteroatoms. The Hall–Kier alpha value is -1.00. The second kappa shape index (κ2) is 8.23. The third kappa shape index (κ3) is 5.25. The zero-order chi connectivity index (χ0) is 14.3. The van der Waals surface area contributed by atoms with Crippen LogP contribution in [0.4, 0.5) is 8.78 Å². The molecular weight excluding hydrogens is 248 g/mol. The predicted octanol–water partition coefficient (Wildman–Crippen LogP) is 3.51. The van der Waals surface area contributed by atoms with E-state index in [0.717, 1.165) is 44.6 Å². The lowest BCUT2D eigenvalue weighted by molar-refractivity contribution is 0.142. The Kier molecular flexibility index (Phi) is 6.95. The first-order chi connectivity index (χ1) is 9.08. The van der Waals surface area contributed by atoms with Gasteiger partial charge in [0.2, 0.25) is 0 Å². The fourth-order valence-corrected chi connectivity index (χ4v) is 2.00. The molecule has 1 aromatic carbocycles. The van der Waals surface area contributed by atoms with Gasteiger partial charge in [-0.1, -0.05) is 26.3 Å². The highest BCUT2D eigenvalue weighted by molar-refractivity contribution is 5.19. The summed E-state index contributed by atoms with van der Waals surface area (Å²) in [5, 5.41) is 9.99. The lowest BCUT2D eigenvalue weighted by atomic mass is 10.1. The van der Waals surface area contributed by atoms with Crippen LogP contribution < -0.4 is 0 Å². The molecule has 0 bridgehead atoms. The van der Waals surface area contributed by atoms with Crippen molar-refractivity contribution in [2.75, 3.05) is 19.6 Å². The van der Waals surface area contributed by atoms with Gasteiger partial charge in [-0.05, 0) is 43.6 Å². The average molecular weight is 271 g/mol. The van der Waals surface area contributed by atoms with Crippen molar-refractivity contribution in [2.24, 2.45) is 0 Å². The molecule has 0 amide bonds. The van der Waals surface area contributed by atoms with Gasteiger partial charge >= 0.3 is 0 Å². The maximum atomic E-state index is 13.1. The van der Waals surface area contributed by atoms with Crippen LogP contribution in [0.5, 0.6) is 0 Å². The van der Waals surface area contributed by atoms with E-state index in [4.69, 9.17) is 0 Å². The molecule has 0 aliphatic carbocycles. The molecule has 0 saturated carbocycles. The Morgan fingerprint density at radius 3 is 2.47 bits per heavy atom. The van der Waals surface area contributed by atoms with Gasteiger partial charge in [-0.2, -0.15) is 0 Å². The SMILES string of the molecule is CCCCN(CC)CCC(O)c1ccc(F)c(F)c1. The van der Waals surface area contributed by atoms with Crippen LogP contribution in [0.25, 0.3) is 0 Å². The molecule has 0 aromatic heterocycles. The molecule has 0 radical (unpaired) electrons. The molecule has 0 aliphatic heterocycles. The van der Waals surface area contributed by atoms with Gasteiger partial charge in [0.1, 0.15) is 0 Å². The minimum atomic E-state index is -0.908. The molecule has 0 fully saturated rings. The van der Waals surface area contributed by atoms with E-state index in [9.17, 15) is 13.9 Å². The molecule has 1 atom stereocenters. The van der Waals surface area contributed by atoms with Crippen LogP contribution >= 0.6 is 0 Å². The quantitative estimate of drug-likeness (QED) is 0.782. The summed E-state index contributed by atoms with van der Waals surface area (Å²) in [4.78, 5) is 2.26. The summed E-state index contributed by atoms with van der Waals surface area (Å²) in [6.45, 7) is 6.93. The van der Waals surface area contributed by atoms with E-state index < -0.39 is 17.7 Å². The number of rotatable bonds is 8. The van der Waals surface area contributed by atoms with Gasteiger partial charge in [0.05, 0.1) is 6.10 Å². The van der Waals surface area contributed by atoms with E-state index in [2.05, 4.69) is 18.7 Å². The van der Waals surface area contributed by atoms with E-state index >= 15 is 0 Å². The molecule has 0 saturated heterocycles. The molecule has 19 heavy (non-hydrogen) atoms. The summed E-state index contributed by atoms with van der Waals surface area (Å²) in [5.41, 5.74) is 0.436. The van der Waals surface area contributed by atoms with E-state index in [1.54, 1.807) is 0 Å². The second-order valence-electron chi connectivity index (χ2n) is 4.77. The normalized spacial score (nSPS) is 12.9. The second-order valence-corrected chi connectivity index (χ2v) is 4.77. The lowest BCUT2D eigenvalue weighted by Gasteiger charge is -2.21. The van der Waals surface area contributed by atoms with Crippen molar-refractivity contribution in [3.05, 3.63) is 35.4 Å². The first-order valence-electron chi connectivity index (χ1n) is 6.93. The van der Waals surface area contributed by atoms with Crippen molar-refractivity contribution in [2.45, 2.75) is 39.2 Å². The van der Waals surface area contributed by atoms with Gasteiger partial charge in [-0.25, -0.2) is 8.78 Å². The number of hydrogen-bond acceptors (Lipinski definition) is 2. The Morgan fingerprint density at radius 2 is 1.89 bits per heavy atom. The van der Waals surface area contributed by atoms with Gasteiger partial charge in [-0.3, -0.25) is 0 Å². The van der Waals surface area contributed by atoms with E-state index in [-0.39, 0.29) is 0 Å². The minimum Gasteiger partial charge on any atom is -0.388 e. The number of benzene rings is 1. The van der Waals surface area contributed by atoms with Gasteiger partial charge in [0, 0.05) is 6.54 Å². The zero-order valence-electron chi connectivity index (χ0n) is 11.7. The van der Waals surface area contributed by atoms with Crippen LogP contribution in [-0.4, -0.2) is 29.6 Å².